The van der Waals surface area contributed by atoms with E-state index in [0.717, 1.165) is 0 Å². The molecule has 1 aliphatic rings. The lowest BCUT2D eigenvalue weighted by Crippen LogP contribution is -2.28. The Morgan fingerprint density at radius 2 is 2.50 bits per heavy atom. The quantitative estimate of drug-likeness (QED) is 0.564. The number of halogens is 1. The average molecular weight is 215 g/mol. The number of phosphoric acid groups is 1. The van der Waals surface area contributed by atoms with E-state index in [-0.39, 0.29) is 18.1 Å². The average Bonchev–Trinajstić information content (AvgIpc) is 2.01. The topological polar surface area (TPSA) is 55.8 Å². The van der Waals surface area contributed by atoms with Crippen LogP contribution in [0.25, 0.3) is 0 Å². The first-order valence-corrected chi connectivity index (χ1v) is 5.78. The molecule has 72 valence electrons. The van der Waals surface area contributed by atoms with Gasteiger partial charge in [-0.05, 0) is 12.8 Å². The molecule has 1 rings (SSSR count). The van der Waals surface area contributed by atoms with Crippen LogP contribution < -0.4 is 0 Å². The standard InChI is InChI=1S/C6H12ClO4P/c1-2-5(7)6-3-4-10-12(8,9)11-6/h5-6H,2-4H2,1H3,(H,8,9). The maximum atomic E-state index is 10.9. The number of alkyl halides is 1. The van der Waals surface area contributed by atoms with Crippen molar-refractivity contribution in [1.82, 2.24) is 0 Å². The Hall–Kier alpha value is 0.400. The van der Waals surface area contributed by atoms with E-state index in [4.69, 9.17) is 21.0 Å². The van der Waals surface area contributed by atoms with Crippen molar-refractivity contribution in [1.29, 1.82) is 0 Å². The Bertz CT molecular complexity index is 198. The van der Waals surface area contributed by atoms with Crippen LogP contribution in [-0.2, 0) is 13.6 Å². The van der Waals surface area contributed by atoms with E-state index in [1.165, 1.54) is 0 Å². The van der Waals surface area contributed by atoms with Crippen molar-refractivity contribution < 1.29 is 18.5 Å². The number of phosphoric ester groups is 1. The van der Waals surface area contributed by atoms with E-state index in [1.807, 2.05) is 6.92 Å². The summed E-state index contributed by atoms with van der Waals surface area (Å²) in [5.41, 5.74) is 0. The van der Waals surface area contributed by atoms with Gasteiger partial charge in [-0.15, -0.1) is 11.6 Å². The van der Waals surface area contributed by atoms with Crippen molar-refractivity contribution in [3.63, 3.8) is 0 Å². The third-order valence-corrected chi connectivity index (χ3v) is 3.35. The molecule has 0 spiro atoms. The summed E-state index contributed by atoms with van der Waals surface area (Å²) in [6, 6.07) is 0. The van der Waals surface area contributed by atoms with E-state index in [2.05, 4.69) is 4.52 Å². The van der Waals surface area contributed by atoms with E-state index >= 15 is 0 Å². The highest BCUT2D eigenvalue weighted by Gasteiger charge is 2.34. The maximum Gasteiger partial charge on any atom is 0.472 e. The molecule has 0 aliphatic carbocycles. The molecule has 1 saturated heterocycles. The Morgan fingerprint density at radius 3 is 3.00 bits per heavy atom. The van der Waals surface area contributed by atoms with Gasteiger partial charge >= 0.3 is 7.82 Å². The lowest BCUT2D eigenvalue weighted by atomic mass is 10.1. The van der Waals surface area contributed by atoms with Crippen LogP contribution in [0.5, 0.6) is 0 Å². The van der Waals surface area contributed by atoms with Gasteiger partial charge in [0, 0.05) is 0 Å². The molecule has 6 heteroatoms. The lowest BCUT2D eigenvalue weighted by molar-refractivity contribution is 0.0449. The molecule has 1 heterocycles. The highest BCUT2D eigenvalue weighted by Crippen LogP contribution is 2.49. The molecule has 0 aromatic rings. The van der Waals surface area contributed by atoms with Crippen molar-refractivity contribution in [2.24, 2.45) is 0 Å². The summed E-state index contributed by atoms with van der Waals surface area (Å²) in [6.45, 7) is 2.14. The third-order valence-electron chi connectivity index (χ3n) is 1.72. The highest BCUT2D eigenvalue weighted by molar-refractivity contribution is 7.47. The number of hydrogen-bond donors (Lipinski definition) is 1. The molecule has 4 nitrogen and oxygen atoms in total. The van der Waals surface area contributed by atoms with E-state index < -0.39 is 7.82 Å². The minimum Gasteiger partial charge on any atom is -0.302 e. The molecular formula is C6H12ClO4P. The second kappa shape index (κ2) is 4.07. The third kappa shape index (κ3) is 2.71. The van der Waals surface area contributed by atoms with Gasteiger partial charge in [-0.1, -0.05) is 6.92 Å². The maximum absolute atomic E-state index is 10.9. The minimum absolute atomic E-state index is 0.214. The van der Waals surface area contributed by atoms with Gasteiger partial charge in [0.2, 0.25) is 0 Å². The first-order chi connectivity index (χ1) is 5.55. The summed E-state index contributed by atoms with van der Waals surface area (Å²) < 4.78 is 20.2. The Kier molecular flexibility index (Phi) is 3.56. The second-order valence-corrected chi connectivity index (χ2v) is 4.63. The van der Waals surface area contributed by atoms with Crippen LogP contribution in [0.15, 0.2) is 0 Å². The predicted molar refractivity (Wildman–Crippen MR) is 45.2 cm³/mol. The Balaban J connectivity index is 2.52. The highest BCUT2D eigenvalue weighted by atomic mass is 35.5. The van der Waals surface area contributed by atoms with Crippen molar-refractivity contribution in [3.8, 4) is 0 Å². The summed E-state index contributed by atoms with van der Waals surface area (Å²) in [4.78, 5) is 8.94. The monoisotopic (exact) mass is 214 g/mol. The van der Waals surface area contributed by atoms with Crippen molar-refractivity contribution >= 4 is 19.4 Å². The zero-order chi connectivity index (χ0) is 9.19. The molecule has 1 N–H and O–H groups in total. The molecule has 1 fully saturated rings. The summed E-state index contributed by atoms with van der Waals surface area (Å²) in [6.07, 6.45) is 0.931. The van der Waals surface area contributed by atoms with Crippen LogP contribution in [0, 0.1) is 0 Å². The molecule has 12 heavy (non-hydrogen) atoms. The van der Waals surface area contributed by atoms with Gasteiger partial charge in [0.25, 0.3) is 0 Å². The predicted octanol–water partition coefficient (Wildman–Crippen LogP) is 1.91. The summed E-state index contributed by atoms with van der Waals surface area (Å²) in [5, 5.41) is -0.214. The largest absolute Gasteiger partial charge is 0.472 e. The van der Waals surface area contributed by atoms with Gasteiger partial charge in [0.15, 0.2) is 0 Å². The summed E-state index contributed by atoms with van der Waals surface area (Å²) >= 11 is 5.86. The zero-order valence-electron chi connectivity index (χ0n) is 6.77. The first kappa shape index (κ1) is 10.5. The van der Waals surface area contributed by atoms with Crippen LogP contribution in [0.3, 0.4) is 0 Å². The van der Waals surface area contributed by atoms with Crippen LogP contribution in [0.1, 0.15) is 19.8 Å². The van der Waals surface area contributed by atoms with Gasteiger partial charge < -0.3 is 4.89 Å². The van der Waals surface area contributed by atoms with Crippen LogP contribution in [-0.4, -0.2) is 23.0 Å². The number of rotatable bonds is 2. The molecular weight excluding hydrogens is 202 g/mol. The molecule has 1 aliphatic heterocycles. The van der Waals surface area contributed by atoms with Gasteiger partial charge in [-0.3, -0.25) is 9.05 Å². The minimum atomic E-state index is -3.79. The number of hydrogen-bond acceptors (Lipinski definition) is 3. The van der Waals surface area contributed by atoms with Crippen LogP contribution in [0.4, 0.5) is 0 Å². The summed E-state index contributed by atoms with van der Waals surface area (Å²) in [5.74, 6) is 0. The summed E-state index contributed by atoms with van der Waals surface area (Å²) in [7, 11) is -3.79. The van der Waals surface area contributed by atoms with Crippen molar-refractivity contribution in [2.45, 2.75) is 31.2 Å². The zero-order valence-corrected chi connectivity index (χ0v) is 8.42. The van der Waals surface area contributed by atoms with Gasteiger partial charge in [-0.2, -0.15) is 0 Å². The van der Waals surface area contributed by atoms with Crippen LogP contribution >= 0.6 is 19.4 Å². The van der Waals surface area contributed by atoms with Gasteiger partial charge in [0.1, 0.15) is 0 Å². The van der Waals surface area contributed by atoms with Crippen molar-refractivity contribution in [3.05, 3.63) is 0 Å². The van der Waals surface area contributed by atoms with E-state index in [1.54, 1.807) is 0 Å². The Morgan fingerprint density at radius 1 is 1.83 bits per heavy atom. The molecule has 0 aromatic heterocycles. The molecule has 3 unspecified atom stereocenters. The second-order valence-electron chi connectivity index (χ2n) is 2.66. The molecule has 3 atom stereocenters. The lowest BCUT2D eigenvalue weighted by Gasteiger charge is -2.28. The SMILES string of the molecule is CCC(Cl)C1CCOP(=O)(O)O1. The fourth-order valence-electron chi connectivity index (χ4n) is 1.05. The Labute approximate surface area is 76.4 Å². The van der Waals surface area contributed by atoms with Gasteiger partial charge in [-0.25, -0.2) is 4.57 Å². The molecule has 0 radical (unpaired) electrons. The molecule has 0 saturated carbocycles. The smallest absolute Gasteiger partial charge is 0.302 e. The fraction of sp³-hybridized carbons (Fsp3) is 1.00. The van der Waals surface area contributed by atoms with E-state index in [9.17, 15) is 4.57 Å². The normalized spacial score (nSPS) is 39.4. The van der Waals surface area contributed by atoms with Gasteiger partial charge in [0.05, 0.1) is 18.1 Å². The van der Waals surface area contributed by atoms with Crippen molar-refractivity contribution in [2.75, 3.05) is 6.61 Å². The van der Waals surface area contributed by atoms with E-state index in [0.29, 0.717) is 12.8 Å². The molecule has 0 bridgehead atoms. The molecule has 0 aromatic carbocycles. The molecule has 0 amide bonds. The fourth-order valence-corrected chi connectivity index (χ4v) is 2.29. The van der Waals surface area contributed by atoms with Crippen LogP contribution in [0.2, 0.25) is 0 Å². The first-order valence-electron chi connectivity index (χ1n) is 3.85.